The van der Waals surface area contributed by atoms with Crippen molar-refractivity contribution in [2.24, 2.45) is 4.99 Å². The molecule has 1 aliphatic heterocycles. The van der Waals surface area contributed by atoms with Crippen molar-refractivity contribution in [1.82, 2.24) is 4.57 Å². The molecular formula is C30H23Cl3N2O4S. The Bertz CT molecular complexity index is 1810. The number of thiazole rings is 1. The van der Waals surface area contributed by atoms with Gasteiger partial charge in [0.2, 0.25) is 0 Å². The molecule has 1 aromatic heterocycles. The first kappa shape index (κ1) is 28.2. The Hall–Kier alpha value is -3.36. The summed E-state index contributed by atoms with van der Waals surface area (Å²) in [5.41, 5.74) is 2.74. The lowest BCUT2D eigenvalue weighted by Gasteiger charge is -2.24. The highest BCUT2D eigenvalue weighted by molar-refractivity contribution is 7.07. The van der Waals surface area contributed by atoms with E-state index in [1.165, 1.54) is 15.9 Å². The average molecular weight is 614 g/mol. The first-order valence-corrected chi connectivity index (χ1v) is 14.3. The summed E-state index contributed by atoms with van der Waals surface area (Å²) < 4.78 is 13.4. The van der Waals surface area contributed by atoms with Gasteiger partial charge >= 0.3 is 5.97 Å². The van der Waals surface area contributed by atoms with Gasteiger partial charge in [0.15, 0.2) is 4.80 Å². The van der Waals surface area contributed by atoms with Crippen LogP contribution in [0.25, 0.3) is 6.08 Å². The van der Waals surface area contributed by atoms with Crippen molar-refractivity contribution in [3.8, 4) is 5.75 Å². The van der Waals surface area contributed by atoms with Crippen LogP contribution in [0.5, 0.6) is 5.75 Å². The Morgan fingerprint density at radius 2 is 1.77 bits per heavy atom. The fraction of sp³-hybridized carbons (Fsp3) is 0.167. The first-order chi connectivity index (χ1) is 19.3. The average Bonchev–Trinajstić information content (AvgIpc) is 3.23. The monoisotopic (exact) mass is 612 g/mol. The molecule has 3 aromatic carbocycles. The number of allylic oxidation sites excluding steroid dienone is 1. The van der Waals surface area contributed by atoms with Crippen LogP contribution >= 0.6 is 46.1 Å². The van der Waals surface area contributed by atoms with E-state index in [4.69, 9.17) is 44.3 Å². The normalized spacial score (nSPS) is 15.0. The Balaban J connectivity index is 1.59. The Kier molecular flexibility index (Phi) is 8.47. The van der Waals surface area contributed by atoms with Crippen molar-refractivity contribution in [3.05, 3.63) is 129 Å². The van der Waals surface area contributed by atoms with Gasteiger partial charge in [0.25, 0.3) is 5.56 Å². The van der Waals surface area contributed by atoms with Crippen molar-refractivity contribution in [3.63, 3.8) is 0 Å². The third-order valence-corrected chi connectivity index (χ3v) is 8.13. The van der Waals surface area contributed by atoms with Crippen LogP contribution < -0.4 is 19.6 Å². The van der Waals surface area contributed by atoms with Crippen molar-refractivity contribution < 1.29 is 14.3 Å². The van der Waals surface area contributed by atoms with Crippen molar-refractivity contribution in [1.29, 1.82) is 0 Å². The van der Waals surface area contributed by atoms with Crippen LogP contribution in [0.4, 0.5) is 0 Å². The van der Waals surface area contributed by atoms with Crippen LogP contribution in [-0.4, -0.2) is 17.1 Å². The Morgan fingerprint density at radius 1 is 1.05 bits per heavy atom. The fourth-order valence-corrected chi connectivity index (χ4v) is 6.05. The molecule has 0 fully saturated rings. The molecule has 1 atom stereocenters. The molecule has 40 heavy (non-hydrogen) atoms. The van der Waals surface area contributed by atoms with E-state index in [0.717, 1.165) is 11.1 Å². The molecule has 1 aliphatic rings. The number of carbonyl (C=O) groups is 1. The largest absolute Gasteiger partial charge is 0.488 e. The predicted octanol–water partition coefficient (Wildman–Crippen LogP) is 6.34. The van der Waals surface area contributed by atoms with E-state index in [1.807, 2.05) is 30.3 Å². The number of fused-ring (bicyclic) bond motifs is 1. The molecule has 0 amide bonds. The third-order valence-electron chi connectivity index (χ3n) is 6.31. The van der Waals surface area contributed by atoms with Gasteiger partial charge in [-0.25, -0.2) is 9.79 Å². The standard InChI is InChI=1S/C30H23Cl3N2O4S/c1-3-38-29(37)26-17(2)34-30-35(27(26)18-8-11-21(31)12-9-18)28(36)25(40-30)14-19-6-4-5-7-24(19)39-16-20-10-13-22(32)15-23(20)33/h4-15,27H,3,16H2,1-2H3/b25-14-. The van der Waals surface area contributed by atoms with Gasteiger partial charge in [0, 0.05) is 26.2 Å². The lowest BCUT2D eigenvalue weighted by molar-refractivity contribution is -0.139. The maximum atomic E-state index is 13.9. The molecule has 0 saturated carbocycles. The number of ether oxygens (including phenoxy) is 2. The predicted molar refractivity (Wildman–Crippen MR) is 159 cm³/mol. The number of benzene rings is 3. The number of halogens is 3. The molecule has 0 aliphatic carbocycles. The van der Waals surface area contributed by atoms with E-state index in [1.54, 1.807) is 56.3 Å². The van der Waals surface area contributed by atoms with E-state index < -0.39 is 12.0 Å². The third kappa shape index (κ3) is 5.74. The lowest BCUT2D eigenvalue weighted by atomic mass is 9.96. The zero-order valence-corrected chi connectivity index (χ0v) is 24.6. The summed E-state index contributed by atoms with van der Waals surface area (Å²) in [4.78, 5) is 32.0. The molecule has 0 bridgehead atoms. The number of esters is 1. The molecule has 6 nitrogen and oxygen atoms in total. The summed E-state index contributed by atoms with van der Waals surface area (Å²) in [5.74, 6) is 0.0644. The van der Waals surface area contributed by atoms with Crippen molar-refractivity contribution in [2.45, 2.75) is 26.5 Å². The lowest BCUT2D eigenvalue weighted by Crippen LogP contribution is -2.39. The zero-order chi connectivity index (χ0) is 28.4. The van der Waals surface area contributed by atoms with Crippen LogP contribution in [0.3, 0.4) is 0 Å². The van der Waals surface area contributed by atoms with E-state index in [9.17, 15) is 9.59 Å². The van der Waals surface area contributed by atoms with Gasteiger partial charge in [-0.1, -0.05) is 82.5 Å². The Morgan fingerprint density at radius 3 is 2.50 bits per heavy atom. The van der Waals surface area contributed by atoms with Crippen LogP contribution in [0.2, 0.25) is 15.1 Å². The van der Waals surface area contributed by atoms with Crippen LogP contribution in [0, 0.1) is 0 Å². The van der Waals surface area contributed by atoms with Gasteiger partial charge in [-0.2, -0.15) is 0 Å². The number of rotatable bonds is 7. The second-order valence-corrected chi connectivity index (χ2v) is 11.2. The summed E-state index contributed by atoms with van der Waals surface area (Å²) in [6, 6.07) is 19.0. The quantitative estimate of drug-likeness (QED) is 0.228. The molecule has 0 N–H and O–H groups in total. The van der Waals surface area contributed by atoms with Crippen molar-refractivity contribution >= 4 is 58.2 Å². The zero-order valence-electron chi connectivity index (χ0n) is 21.5. The van der Waals surface area contributed by atoms with E-state index in [2.05, 4.69) is 4.99 Å². The van der Waals surface area contributed by atoms with Gasteiger partial charge in [0.05, 0.1) is 28.5 Å². The highest BCUT2D eigenvalue weighted by Crippen LogP contribution is 2.31. The minimum atomic E-state index is -0.715. The van der Waals surface area contributed by atoms with Gasteiger partial charge in [-0.3, -0.25) is 9.36 Å². The molecule has 0 spiro atoms. The van der Waals surface area contributed by atoms with E-state index in [-0.39, 0.29) is 18.8 Å². The van der Waals surface area contributed by atoms with Gasteiger partial charge in [-0.15, -0.1) is 0 Å². The van der Waals surface area contributed by atoms with Crippen LogP contribution in [0.1, 0.15) is 36.6 Å². The molecule has 0 radical (unpaired) electrons. The van der Waals surface area contributed by atoms with Gasteiger partial charge in [0.1, 0.15) is 12.4 Å². The summed E-state index contributed by atoms with van der Waals surface area (Å²) in [5, 5.41) is 1.60. The summed E-state index contributed by atoms with van der Waals surface area (Å²) in [7, 11) is 0. The van der Waals surface area contributed by atoms with E-state index in [0.29, 0.717) is 47.0 Å². The number of aromatic nitrogens is 1. The highest BCUT2D eigenvalue weighted by atomic mass is 35.5. The Labute approximate surface area is 249 Å². The second kappa shape index (κ2) is 12.0. The summed E-state index contributed by atoms with van der Waals surface area (Å²) in [6.45, 7) is 3.91. The minimum absolute atomic E-state index is 0.200. The van der Waals surface area contributed by atoms with E-state index >= 15 is 0 Å². The first-order valence-electron chi connectivity index (χ1n) is 12.4. The second-order valence-electron chi connectivity index (χ2n) is 8.92. The fourth-order valence-electron chi connectivity index (χ4n) is 4.42. The smallest absolute Gasteiger partial charge is 0.338 e. The number of carbonyl (C=O) groups excluding carboxylic acids is 1. The number of hydrogen-bond acceptors (Lipinski definition) is 6. The number of hydrogen-bond donors (Lipinski definition) is 0. The molecule has 5 rings (SSSR count). The maximum absolute atomic E-state index is 13.9. The summed E-state index contributed by atoms with van der Waals surface area (Å²) in [6.07, 6.45) is 1.77. The van der Waals surface area contributed by atoms with Crippen LogP contribution in [-0.2, 0) is 16.1 Å². The molecule has 204 valence electrons. The molecule has 10 heteroatoms. The molecule has 2 heterocycles. The molecule has 1 unspecified atom stereocenters. The van der Waals surface area contributed by atoms with Gasteiger partial charge in [-0.05, 0) is 55.8 Å². The number of nitrogens with zero attached hydrogens (tertiary/aromatic N) is 2. The molecule has 4 aromatic rings. The minimum Gasteiger partial charge on any atom is -0.488 e. The maximum Gasteiger partial charge on any atom is 0.338 e. The van der Waals surface area contributed by atoms with Gasteiger partial charge < -0.3 is 9.47 Å². The SMILES string of the molecule is CCOC(=O)C1=C(C)N=c2s/c(=C\c3ccccc3OCc3ccc(Cl)cc3Cl)c(=O)n2C1c1ccc(Cl)cc1. The molecule has 0 saturated heterocycles. The van der Waals surface area contributed by atoms with Crippen molar-refractivity contribution in [2.75, 3.05) is 6.61 Å². The number of para-hydroxylation sites is 1. The highest BCUT2D eigenvalue weighted by Gasteiger charge is 2.33. The molecular weight excluding hydrogens is 591 g/mol. The van der Waals surface area contributed by atoms with Crippen LogP contribution in [0.15, 0.2) is 87.8 Å². The topological polar surface area (TPSA) is 69.9 Å². The summed E-state index contributed by atoms with van der Waals surface area (Å²) >= 11 is 19.7.